The fourth-order valence-corrected chi connectivity index (χ4v) is 2.25. The molecule has 0 aromatic carbocycles. The van der Waals surface area contributed by atoms with Crippen molar-refractivity contribution in [2.75, 3.05) is 13.1 Å². The van der Waals surface area contributed by atoms with E-state index < -0.39 is 17.9 Å². The van der Waals surface area contributed by atoms with Crippen LogP contribution in [0.1, 0.15) is 39.5 Å². The molecule has 0 aliphatic carbocycles. The number of nitrogens with zero attached hydrogens (tertiary/aromatic N) is 1. The molecule has 6 heteroatoms. The van der Waals surface area contributed by atoms with Crippen molar-refractivity contribution in [3.8, 4) is 0 Å². The average molecular weight is 270 g/mol. The fraction of sp³-hybridized carbons (Fsp3) is 0.769. The van der Waals surface area contributed by atoms with Crippen molar-refractivity contribution in [1.29, 1.82) is 0 Å². The molecule has 3 amide bonds. The molecule has 19 heavy (non-hydrogen) atoms. The van der Waals surface area contributed by atoms with Gasteiger partial charge in [-0.1, -0.05) is 13.8 Å². The van der Waals surface area contributed by atoms with Crippen molar-refractivity contribution < 1.29 is 19.5 Å². The van der Waals surface area contributed by atoms with E-state index in [1.807, 2.05) is 0 Å². The van der Waals surface area contributed by atoms with Gasteiger partial charge in [0.1, 0.15) is 0 Å². The lowest BCUT2D eigenvalue weighted by Crippen LogP contribution is -2.47. The quantitative estimate of drug-likeness (QED) is 0.809. The third kappa shape index (κ3) is 5.28. The van der Waals surface area contributed by atoms with Crippen LogP contribution in [0.25, 0.3) is 0 Å². The van der Waals surface area contributed by atoms with Crippen molar-refractivity contribution in [2.24, 2.45) is 11.8 Å². The smallest absolute Gasteiger partial charge is 0.324 e. The topological polar surface area (TPSA) is 86.7 Å². The van der Waals surface area contributed by atoms with E-state index in [1.54, 1.807) is 4.90 Å². The number of nitrogens with one attached hydrogen (secondary N) is 1. The van der Waals surface area contributed by atoms with Gasteiger partial charge >= 0.3 is 12.0 Å². The molecule has 1 rings (SSSR count). The second kappa shape index (κ2) is 7.11. The number of aliphatic carboxylic acids is 1. The molecule has 0 radical (unpaired) electrons. The first kappa shape index (κ1) is 15.5. The highest BCUT2D eigenvalue weighted by atomic mass is 16.4. The Balaban J connectivity index is 2.31. The highest BCUT2D eigenvalue weighted by Crippen LogP contribution is 2.24. The SMILES string of the molecule is CC(C)C1CCN(C(=O)NC(=O)CCC(=O)O)CC1. The number of carboxylic acid groups (broad SMARTS) is 1. The Bertz CT molecular complexity index is 347. The third-order valence-electron chi connectivity index (χ3n) is 3.58. The monoisotopic (exact) mass is 270 g/mol. The van der Waals surface area contributed by atoms with Gasteiger partial charge in [0, 0.05) is 19.5 Å². The van der Waals surface area contributed by atoms with Gasteiger partial charge in [-0.25, -0.2) is 4.79 Å². The van der Waals surface area contributed by atoms with Gasteiger partial charge in [0.25, 0.3) is 0 Å². The molecule has 0 aromatic heterocycles. The third-order valence-corrected chi connectivity index (χ3v) is 3.58. The summed E-state index contributed by atoms with van der Waals surface area (Å²) in [7, 11) is 0. The molecule has 1 fully saturated rings. The summed E-state index contributed by atoms with van der Waals surface area (Å²) < 4.78 is 0. The normalized spacial score (nSPS) is 16.5. The number of hydrogen-bond donors (Lipinski definition) is 2. The van der Waals surface area contributed by atoms with Crippen LogP contribution in [-0.2, 0) is 9.59 Å². The molecule has 0 saturated carbocycles. The van der Waals surface area contributed by atoms with Crippen LogP contribution < -0.4 is 5.32 Å². The van der Waals surface area contributed by atoms with Gasteiger partial charge < -0.3 is 10.0 Å². The predicted molar refractivity (Wildman–Crippen MR) is 69.5 cm³/mol. The van der Waals surface area contributed by atoms with Crippen molar-refractivity contribution in [3.05, 3.63) is 0 Å². The lowest BCUT2D eigenvalue weighted by atomic mass is 9.87. The molecular weight excluding hydrogens is 248 g/mol. The van der Waals surface area contributed by atoms with E-state index in [1.165, 1.54) is 0 Å². The Morgan fingerprint density at radius 1 is 1.21 bits per heavy atom. The zero-order chi connectivity index (χ0) is 14.4. The summed E-state index contributed by atoms with van der Waals surface area (Å²) in [4.78, 5) is 35.1. The largest absolute Gasteiger partial charge is 0.481 e. The van der Waals surface area contributed by atoms with E-state index in [0.29, 0.717) is 24.9 Å². The Kier molecular flexibility index (Phi) is 5.79. The van der Waals surface area contributed by atoms with Crippen LogP contribution >= 0.6 is 0 Å². The van der Waals surface area contributed by atoms with Crippen LogP contribution in [0.2, 0.25) is 0 Å². The first-order chi connectivity index (χ1) is 8.90. The number of amides is 3. The standard InChI is InChI=1S/C13H22N2O4/c1-9(2)10-5-7-15(8-6-10)13(19)14-11(16)3-4-12(17)18/h9-10H,3-8H2,1-2H3,(H,17,18)(H,14,16,19). The van der Waals surface area contributed by atoms with Gasteiger partial charge in [0.05, 0.1) is 6.42 Å². The maximum absolute atomic E-state index is 11.8. The molecule has 0 aromatic rings. The van der Waals surface area contributed by atoms with Crippen molar-refractivity contribution >= 4 is 17.9 Å². The number of imide groups is 1. The van der Waals surface area contributed by atoms with Gasteiger partial charge in [-0.15, -0.1) is 0 Å². The van der Waals surface area contributed by atoms with E-state index >= 15 is 0 Å². The van der Waals surface area contributed by atoms with Crippen LogP contribution in [0.3, 0.4) is 0 Å². The number of urea groups is 1. The first-order valence-corrected chi connectivity index (χ1v) is 6.70. The highest BCUT2D eigenvalue weighted by Gasteiger charge is 2.25. The lowest BCUT2D eigenvalue weighted by molar-refractivity contribution is -0.138. The summed E-state index contributed by atoms with van der Waals surface area (Å²) in [5, 5.41) is 10.7. The summed E-state index contributed by atoms with van der Waals surface area (Å²) in [6.45, 7) is 5.66. The maximum atomic E-state index is 11.8. The summed E-state index contributed by atoms with van der Waals surface area (Å²) in [5.41, 5.74) is 0. The Morgan fingerprint density at radius 2 is 1.79 bits per heavy atom. The summed E-state index contributed by atoms with van der Waals surface area (Å²) in [6, 6.07) is -0.405. The Hall–Kier alpha value is -1.59. The molecule has 2 N–H and O–H groups in total. The van der Waals surface area contributed by atoms with Crippen molar-refractivity contribution in [2.45, 2.75) is 39.5 Å². The van der Waals surface area contributed by atoms with Crippen molar-refractivity contribution in [1.82, 2.24) is 10.2 Å². The van der Waals surface area contributed by atoms with Crippen molar-refractivity contribution in [3.63, 3.8) is 0 Å². The number of piperidine rings is 1. The minimum atomic E-state index is -1.04. The molecule has 1 saturated heterocycles. The molecule has 0 spiro atoms. The number of likely N-dealkylation sites (tertiary alicyclic amines) is 1. The molecule has 1 aliphatic heterocycles. The molecule has 0 unspecified atom stereocenters. The molecule has 0 atom stereocenters. The van der Waals surface area contributed by atoms with Crippen LogP contribution in [-0.4, -0.2) is 41.0 Å². The second-order valence-electron chi connectivity index (χ2n) is 5.32. The number of carbonyl (C=O) groups excluding carboxylic acids is 2. The number of rotatable bonds is 4. The van der Waals surface area contributed by atoms with Crippen LogP contribution in [0.5, 0.6) is 0 Å². The Morgan fingerprint density at radius 3 is 2.26 bits per heavy atom. The second-order valence-corrected chi connectivity index (χ2v) is 5.32. The van der Waals surface area contributed by atoms with Gasteiger partial charge in [-0.3, -0.25) is 14.9 Å². The minimum Gasteiger partial charge on any atom is -0.481 e. The fourth-order valence-electron chi connectivity index (χ4n) is 2.25. The Labute approximate surface area is 113 Å². The van der Waals surface area contributed by atoms with Crippen LogP contribution in [0.15, 0.2) is 0 Å². The molecule has 0 bridgehead atoms. The summed E-state index contributed by atoms with van der Waals surface area (Å²) >= 11 is 0. The molecular formula is C13H22N2O4. The number of carbonyl (C=O) groups is 3. The number of hydrogen-bond acceptors (Lipinski definition) is 3. The van der Waals surface area contributed by atoms with Gasteiger partial charge in [-0.2, -0.15) is 0 Å². The molecule has 6 nitrogen and oxygen atoms in total. The van der Waals surface area contributed by atoms with Gasteiger partial charge in [0.15, 0.2) is 0 Å². The zero-order valence-electron chi connectivity index (χ0n) is 11.5. The predicted octanol–water partition coefficient (Wildman–Crippen LogP) is 1.46. The minimum absolute atomic E-state index is 0.163. The highest BCUT2D eigenvalue weighted by molar-refractivity contribution is 5.95. The molecule has 1 aliphatic rings. The summed E-state index contributed by atoms with van der Waals surface area (Å²) in [5.74, 6) is -0.326. The first-order valence-electron chi connectivity index (χ1n) is 6.70. The molecule has 108 valence electrons. The number of carboxylic acids is 1. The van der Waals surface area contributed by atoms with E-state index in [-0.39, 0.29) is 12.8 Å². The van der Waals surface area contributed by atoms with Crippen LogP contribution in [0, 0.1) is 11.8 Å². The van der Waals surface area contributed by atoms with E-state index in [2.05, 4.69) is 19.2 Å². The van der Waals surface area contributed by atoms with Crippen LogP contribution in [0.4, 0.5) is 4.79 Å². The van der Waals surface area contributed by atoms with E-state index in [4.69, 9.17) is 5.11 Å². The molecule has 1 heterocycles. The van der Waals surface area contributed by atoms with Gasteiger partial charge in [0.2, 0.25) is 5.91 Å². The maximum Gasteiger partial charge on any atom is 0.324 e. The van der Waals surface area contributed by atoms with Gasteiger partial charge in [-0.05, 0) is 24.7 Å². The average Bonchev–Trinajstić information content (AvgIpc) is 2.36. The lowest BCUT2D eigenvalue weighted by Gasteiger charge is -2.33. The van der Waals surface area contributed by atoms with E-state index in [9.17, 15) is 14.4 Å². The van der Waals surface area contributed by atoms with E-state index in [0.717, 1.165) is 12.8 Å². The summed E-state index contributed by atoms with van der Waals surface area (Å²) in [6.07, 6.45) is 1.49. The zero-order valence-corrected chi connectivity index (χ0v) is 11.5.